The number of nitrogens with one attached hydrogen (secondary N) is 1. The Kier molecular flexibility index (Phi) is 5.55. The predicted molar refractivity (Wildman–Crippen MR) is 71.1 cm³/mol. The fourth-order valence-corrected chi connectivity index (χ4v) is 3.61. The third kappa shape index (κ3) is 4.22. The van der Waals surface area contributed by atoms with Crippen LogP contribution in [0.2, 0.25) is 0 Å². The first-order chi connectivity index (χ1) is 8.34. The zero-order valence-electron chi connectivity index (χ0n) is 11.1. The average Bonchev–Trinajstić information content (AvgIpc) is 2.28. The number of amidine groups is 1. The lowest BCUT2D eigenvalue weighted by Crippen LogP contribution is -2.51. The van der Waals surface area contributed by atoms with Gasteiger partial charge in [0, 0.05) is 6.54 Å². The smallest absolute Gasteiger partial charge is 0.217 e. The summed E-state index contributed by atoms with van der Waals surface area (Å²) in [4.78, 5) is 0. The molecule has 1 unspecified atom stereocenters. The molecule has 1 aliphatic rings. The van der Waals surface area contributed by atoms with E-state index in [2.05, 4.69) is 0 Å². The molecule has 0 spiro atoms. The lowest BCUT2D eigenvalue weighted by atomic mass is 10.0. The molecule has 0 aliphatic carbocycles. The summed E-state index contributed by atoms with van der Waals surface area (Å²) >= 11 is 0. The standard InChI is InChI=1S/C11H23N3O3S/c1-9(2)17-7-8-18(15,16)14-6-4-3-5-10(14)11(12)13/h9-10H,3-8H2,1-2H3,(H3,12,13). The lowest BCUT2D eigenvalue weighted by Gasteiger charge is -2.33. The van der Waals surface area contributed by atoms with Gasteiger partial charge in [0.2, 0.25) is 10.0 Å². The Labute approximate surface area is 109 Å². The molecule has 0 aromatic carbocycles. The minimum Gasteiger partial charge on any atom is -0.386 e. The van der Waals surface area contributed by atoms with Crippen molar-refractivity contribution in [3.8, 4) is 0 Å². The first-order valence-corrected chi connectivity index (χ1v) is 7.90. The zero-order chi connectivity index (χ0) is 13.8. The summed E-state index contributed by atoms with van der Waals surface area (Å²) in [5.41, 5.74) is 5.48. The van der Waals surface area contributed by atoms with Crippen molar-refractivity contribution < 1.29 is 13.2 Å². The molecule has 1 rings (SSSR count). The van der Waals surface area contributed by atoms with Gasteiger partial charge in [-0.05, 0) is 26.7 Å². The highest BCUT2D eigenvalue weighted by Crippen LogP contribution is 2.20. The van der Waals surface area contributed by atoms with E-state index in [0.29, 0.717) is 13.0 Å². The summed E-state index contributed by atoms with van der Waals surface area (Å²) in [6.45, 7) is 4.37. The van der Waals surface area contributed by atoms with Crippen LogP contribution in [-0.4, -0.2) is 49.6 Å². The van der Waals surface area contributed by atoms with Crippen molar-refractivity contribution in [3.05, 3.63) is 0 Å². The largest absolute Gasteiger partial charge is 0.386 e. The third-order valence-electron chi connectivity index (χ3n) is 2.96. The van der Waals surface area contributed by atoms with Gasteiger partial charge in [-0.1, -0.05) is 6.42 Å². The maximum atomic E-state index is 12.2. The molecule has 0 bridgehead atoms. The average molecular weight is 277 g/mol. The first-order valence-electron chi connectivity index (χ1n) is 6.29. The van der Waals surface area contributed by atoms with E-state index >= 15 is 0 Å². The Morgan fingerprint density at radius 2 is 2.17 bits per heavy atom. The minimum absolute atomic E-state index is 0.0187. The SMILES string of the molecule is CC(C)OCCS(=O)(=O)N1CCCCC1C(=N)N. The van der Waals surface area contributed by atoms with Crippen molar-refractivity contribution in [1.29, 1.82) is 5.41 Å². The van der Waals surface area contributed by atoms with Crippen molar-refractivity contribution in [1.82, 2.24) is 4.31 Å². The maximum Gasteiger partial charge on any atom is 0.217 e. The molecule has 6 nitrogen and oxygen atoms in total. The fourth-order valence-electron chi connectivity index (χ4n) is 2.06. The zero-order valence-corrected chi connectivity index (χ0v) is 11.9. The van der Waals surface area contributed by atoms with Gasteiger partial charge in [0.1, 0.15) is 5.84 Å². The quantitative estimate of drug-likeness (QED) is 0.547. The molecule has 1 heterocycles. The number of ether oxygens (including phenoxy) is 1. The number of piperidine rings is 1. The molecular formula is C11H23N3O3S. The molecule has 0 radical (unpaired) electrons. The Bertz CT molecular complexity index is 381. The van der Waals surface area contributed by atoms with E-state index in [1.165, 1.54) is 4.31 Å². The second kappa shape index (κ2) is 6.49. The summed E-state index contributed by atoms with van der Waals surface area (Å²) in [5, 5.41) is 7.48. The second-order valence-electron chi connectivity index (χ2n) is 4.81. The van der Waals surface area contributed by atoms with E-state index < -0.39 is 16.1 Å². The number of nitrogens with two attached hydrogens (primary N) is 1. The van der Waals surface area contributed by atoms with Crippen LogP contribution in [0.25, 0.3) is 0 Å². The van der Waals surface area contributed by atoms with Gasteiger partial charge >= 0.3 is 0 Å². The molecule has 1 aliphatic heterocycles. The van der Waals surface area contributed by atoms with Gasteiger partial charge in [-0.2, -0.15) is 4.31 Å². The van der Waals surface area contributed by atoms with Crippen molar-refractivity contribution in [3.63, 3.8) is 0 Å². The maximum absolute atomic E-state index is 12.2. The van der Waals surface area contributed by atoms with Crippen LogP contribution in [0.15, 0.2) is 0 Å². The molecule has 0 aromatic rings. The molecule has 7 heteroatoms. The molecule has 3 N–H and O–H groups in total. The molecule has 1 saturated heterocycles. The van der Waals surface area contributed by atoms with E-state index in [4.69, 9.17) is 15.9 Å². The third-order valence-corrected chi connectivity index (χ3v) is 4.80. The van der Waals surface area contributed by atoms with Crippen LogP contribution in [0.1, 0.15) is 33.1 Å². The second-order valence-corrected chi connectivity index (χ2v) is 6.85. The molecule has 1 fully saturated rings. The summed E-state index contributed by atoms with van der Waals surface area (Å²) in [7, 11) is -3.39. The number of sulfonamides is 1. The van der Waals surface area contributed by atoms with Gasteiger partial charge in [0.05, 0.1) is 24.5 Å². The number of nitrogens with zero attached hydrogens (tertiary/aromatic N) is 1. The predicted octanol–water partition coefficient (Wildman–Crippen LogP) is 0.532. The molecule has 0 amide bonds. The molecule has 1 atom stereocenters. The van der Waals surface area contributed by atoms with Gasteiger partial charge in [0.25, 0.3) is 0 Å². The van der Waals surface area contributed by atoms with Crippen LogP contribution in [0.4, 0.5) is 0 Å². The van der Waals surface area contributed by atoms with Crippen molar-refractivity contribution >= 4 is 15.9 Å². The highest BCUT2D eigenvalue weighted by atomic mass is 32.2. The van der Waals surface area contributed by atoms with Crippen LogP contribution >= 0.6 is 0 Å². The van der Waals surface area contributed by atoms with Crippen molar-refractivity contribution in [2.24, 2.45) is 5.73 Å². The summed E-state index contributed by atoms with van der Waals surface area (Å²) in [6.07, 6.45) is 2.40. The van der Waals surface area contributed by atoms with Crippen molar-refractivity contribution in [2.45, 2.75) is 45.3 Å². The Morgan fingerprint density at radius 1 is 1.50 bits per heavy atom. The molecular weight excluding hydrogens is 254 g/mol. The van der Waals surface area contributed by atoms with Crippen LogP contribution in [-0.2, 0) is 14.8 Å². The van der Waals surface area contributed by atoms with Crippen LogP contribution in [0, 0.1) is 5.41 Å². The Morgan fingerprint density at radius 3 is 2.72 bits per heavy atom. The Hall–Kier alpha value is -0.660. The normalized spacial score (nSPS) is 22.3. The van der Waals surface area contributed by atoms with Gasteiger partial charge < -0.3 is 10.5 Å². The fraction of sp³-hybridized carbons (Fsp3) is 0.909. The summed E-state index contributed by atoms with van der Waals surface area (Å²) < 4.78 is 31.0. The van der Waals surface area contributed by atoms with Gasteiger partial charge in [-0.3, -0.25) is 5.41 Å². The van der Waals surface area contributed by atoms with E-state index in [9.17, 15) is 8.42 Å². The molecule has 106 valence electrons. The van der Waals surface area contributed by atoms with E-state index in [0.717, 1.165) is 12.8 Å². The van der Waals surface area contributed by atoms with Crippen molar-refractivity contribution in [2.75, 3.05) is 18.9 Å². The lowest BCUT2D eigenvalue weighted by molar-refractivity contribution is 0.0904. The van der Waals surface area contributed by atoms with Gasteiger partial charge in [-0.15, -0.1) is 0 Å². The Balaban J connectivity index is 2.66. The van der Waals surface area contributed by atoms with Gasteiger partial charge in [-0.25, -0.2) is 8.42 Å². The van der Waals surface area contributed by atoms with E-state index in [1.807, 2.05) is 13.8 Å². The van der Waals surface area contributed by atoms with Crippen LogP contribution in [0.5, 0.6) is 0 Å². The monoisotopic (exact) mass is 277 g/mol. The highest BCUT2D eigenvalue weighted by Gasteiger charge is 2.33. The highest BCUT2D eigenvalue weighted by molar-refractivity contribution is 7.89. The topological polar surface area (TPSA) is 96.5 Å². The molecule has 0 aromatic heterocycles. The molecule has 18 heavy (non-hydrogen) atoms. The number of hydrogen-bond donors (Lipinski definition) is 2. The van der Waals surface area contributed by atoms with Gasteiger partial charge in [0.15, 0.2) is 0 Å². The van der Waals surface area contributed by atoms with Crippen LogP contribution < -0.4 is 5.73 Å². The molecule has 0 saturated carbocycles. The van der Waals surface area contributed by atoms with E-state index in [1.54, 1.807) is 0 Å². The van der Waals surface area contributed by atoms with Crippen LogP contribution in [0.3, 0.4) is 0 Å². The summed E-state index contributed by atoms with van der Waals surface area (Å²) in [5.74, 6) is -0.113. The summed E-state index contributed by atoms with van der Waals surface area (Å²) in [6, 6.07) is -0.470. The first kappa shape index (κ1) is 15.4. The number of hydrogen-bond acceptors (Lipinski definition) is 4. The minimum atomic E-state index is -3.39. The van der Waals surface area contributed by atoms with E-state index in [-0.39, 0.29) is 24.3 Å². The number of rotatable bonds is 6.